The molecule has 6 heteroatoms. The first-order valence-electron chi connectivity index (χ1n) is 8.83. The number of hydrogen-bond acceptors (Lipinski definition) is 5. The molecule has 3 rings (SSSR count). The van der Waals surface area contributed by atoms with E-state index in [9.17, 15) is 9.70 Å². The van der Waals surface area contributed by atoms with Crippen molar-refractivity contribution in [1.82, 2.24) is 14.7 Å². The van der Waals surface area contributed by atoms with E-state index in [1.807, 2.05) is 35.2 Å². The zero-order valence-electron chi connectivity index (χ0n) is 14.1. The van der Waals surface area contributed by atoms with Crippen molar-refractivity contribution in [2.24, 2.45) is 5.18 Å². The van der Waals surface area contributed by atoms with E-state index in [0.717, 1.165) is 57.7 Å². The van der Waals surface area contributed by atoms with Crippen LogP contribution in [0.4, 0.5) is 0 Å². The summed E-state index contributed by atoms with van der Waals surface area (Å²) in [5.41, 5.74) is 1.08. The van der Waals surface area contributed by atoms with Gasteiger partial charge in [-0.1, -0.05) is 35.5 Å². The maximum atomic E-state index is 12.4. The van der Waals surface area contributed by atoms with Crippen LogP contribution in [0.15, 0.2) is 35.5 Å². The van der Waals surface area contributed by atoms with E-state index >= 15 is 0 Å². The van der Waals surface area contributed by atoms with Gasteiger partial charge in [0.1, 0.15) is 6.67 Å². The third kappa shape index (κ3) is 4.39. The molecule has 0 aliphatic carbocycles. The smallest absolute Gasteiger partial charge is 0.227 e. The number of nitroso groups, excluding NO2 is 1. The first kappa shape index (κ1) is 17.0. The molecule has 0 aromatic heterocycles. The minimum absolute atomic E-state index is 0.229. The summed E-state index contributed by atoms with van der Waals surface area (Å²) < 4.78 is 0. The number of piperidine rings is 1. The molecule has 0 radical (unpaired) electrons. The molecule has 0 atom stereocenters. The Kier molecular flexibility index (Phi) is 5.93. The second-order valence-electron chi connectivity index (χ2n) is 6.70. The zero-order valence-corrected chi connectivity index (χ0v) is 14.1. The van der Waals surface area contributed by atoms with Crippen LogP contribution in [-0.2, 0) is 11.2 Å². The Balaban J connectivity index is 1.42. The van der Waals surface area contributed by atoms with Crippen LogP contribution in [0.1, 0.15) is 18.4 Å². The van der Waals surface area contributed by atoms with Crippen LogP contribution in [0.2, 0.25) is 0 Å². The predicted octanol–water partition coefficient (Wildman–Crippen LogP) is 1.56. The van der Waals surface area contributed by atoms with Gasteiger partial charge in [0.25, 0.3) is 0 Å². The Hall–Kier alpha value is -1.79. The number of benzene rings is 1. The highest BCUT2D eigenvalue weighted by atomic mass is 16.3. The van der Waals surface area contributed by atoms with Crippen molar-refractivity contribution in [2.45, 2.75) is 25.3 Å². The number of nitrogens with zero attached hydrogens (tertiary/aromatic N) is 4. The lowest BCUT2D eigenvalue weighted by Gasteiger charge is -2.42. The van der Waals surface area contributed by atoms with Gasteiger partial charge in [-0.2, -0.15) is 0 Å². The van der Waals surface area contributed by atoms with Crippen LogP contribution in [0.25, 0.3) is 0 Å². The SMILES string of the molecule is O=NCN1CCC(N2CCN(C(=O)Cc3ccccc3)CC2)CC1. The molecule has 0 bridgehead atoms. The fraction of sp³-hybridized carbons (Fsp3) is 0.611. The molecule has 130 valence electrons. The molecule has 0 saturated carbocycles. The van der Waals surface area contributed by atoms with E-state index in [0.29, 0.717) is 19.1 Å². The van der Waals surface area contributed by atoms with Crippen LogP contribution < -0.4 is 0 Å². The van der Waals surface area contributed by atoms with Crippen LogP contribution >= 0.6 is 0 Å². The number of hydrogen-bond donors (Lipinski definition) is 0. The quantitative estimate of drug-likeness (QED) is 0.769. The second-order valence-corrected chi connectivity index (χ2v) is 6.70. The fourth-order valence-electron chi connectivity index (χ4n) is 3.73. The Labute approximate surface area is 143 Å². The number of rotatable bonds is 5. The largest absolute Gasteiger partial charge is 0.340 e. The molecule has 1 aromatic rings. The topological polar surface area (TPSA) is 56.2 Å². The number of likely N-dealkylation sites (tertiary alicyclic amines) is 1. The first-order chi connectivity index (χ1) is 11.8. The van der Waals surface area contributed by atoms with Crippen LogP contribution in [0, 0.1) is 4.91 Å². The van der Waals surface area contributed by atoms with Crippen LogP contribution in [0.5, 0.6) is 0 Å². The molecule has 2 heterocycles. The fourth-order valence-corrected chi connectivity index (χ4v) is 3.73. The van der Waals surface area contributed by atoms with Gasteiger partial charge in [0.15, 0.2) is 0 Å². The van der Waals surface area contributed by atoms with Gasteiger partial charge in [0, 0.05) is 45.3 Å². The van der Waals surface area contributed by atoms with E-state index in [1.54, 1.807) is 0 Å². The maximum absolute atomic E-state index is 12.4. The predicted molar refractivity (Wildman–Crippen MR) is 93.6 cm³/mol. The summed E-state index contributed by atoms with van der Waals surface area (Å²) in [7, 11) is 0. The Bertz CT molecular complexity index is 535. The first-order valence-corrected chi connectivity index (χ1v) is 8.83. The van der Waals surface area contributed by atoms with Crippen molar-refractivity contribution < 1.29 is 4.79 Å². The molecule has 2 saturated heterocycles. The third-order valence-corrected chi connectivity index (χ3v) is 5.20. The summed E-state index contributed by atoms with van der Waals surface area (Å²) in [6.07, 6.45) is 2.68. The molecular formula is C18H26N4O2. The van der Waals surface area contributed by atoms with Crippen molar-refractivity contribution >= 4 is 5.91 Å². The maximum Gasteiger partial charge on any atom is 0.227 e. The van der Waals surface area contributed by atoms with Gasteiger partial charge < -0.3 is 4.90 Å². The Morgan fingerprint density at radius 2 is 1.67 bits per heavy atom. The second kappa shape index (κ2) is 8.35. The number of piperazine rings is 1. The van der Waals surface area contributed by atoms with Gasteiger partial charge in [-0.15, -0.1) is 4.91 Å². The Morgan fingerprint density at radius 3 is 2.29 bits per heavy atom. The van der Waals surface area contributed by atoms with Crippen molar-refractivity contribution in [1.29, 1.82) is 0 Å². The highest BCUT2D eigenvalue weighted by molar-refractivity contribution is 5.78. The molecule has 2 fully saturated rings. The average molecular weight is 330 g/mol. The summed E-state index contributed by atoms with van der Waals surface area (Å²) in [6.45, 7) is 5.76. The lowest BCUT2D eigenvalue weighted by Crippen LogP contribution is -2.54. The summed E-state index contributed by atoms with van der Waals surface area (Å²) in [5.74, 6) is 0.229. The average Bonchev–Trinajstić information content (AvgIpc) is 2.64. The van der Waals surface area contributed by atoms with Crippen molar-refractivity contribution in [3.8, 4) is 0 Å². The number of carbonyl (C=O) groups excluding carboxylic acids is 1. The molecule has 6 nitrogen and oxygen atoms in total. The lowest BCUT2D eigenvalue weighted by molar-refractivity contribution is -0.132. The summed E-state index contributed by atoms with van der Waals surface area (Å²) in [4.78, 5) is 29.4. The molecule has 0 spiro atoms. The number of amides is 1. The van der Waals surface area contributed by atoms with Gasteiger partial charge >= 0.3 is 0 Å². The van der Waals surface area contributed by atoms with Crippen LogP contribution in [0.3, 0.4) is 0 Å². The van der Waals surface area contributed by atoms with Crippen molar-refractivity contribution in [3.05, 3.63) is 40.8 Å². The summed E-state index contributed by atoms with van der Waals surface area (Å²) in [6, 6.07) is 10.5. The van der Waals surface area contributed by atoms with Gasteiger partial charge in [-0.25, -0.2) is 0 Å². The minimum atomic E-state index is 0.229. The molecule has 2 aliphatic heterocycles. The molecule has 1 aromatic carbocycles. The van der Waals surface area contributed by atoms with Crippen LogP contribution in [-0.4, -0.2) is 72.6 Å². The molecule has 0 unspecified atom stereocenters. The Morgan fingerprint density at radius 1 is 1.00 bits per heavy atom. The summed E-state index contributed by atoms with van der Waals surface area (Å²) in [5, 5.41) is 2.98. The van der Waals surface area contributed by atoms with E-state index in [2.05, 4.69) is 15.0 Å². The minimum Gasteiger partial charge on any atom is -0.340 e. The molecule has 24 heavy (non-hydrogen) atoms. The van der Waals surface area contributed by atoms with E-state index in [4.69, 9.17) is 0 Å². The van der Waals surface area contributed by atoms with E-state index in [1.165, 1.54) is 0 Å². The lowest BCUT2D eigenvalue weighted by atomic mass is 10.0. The standard InChI is InChI=1S/C18H26N4O2/c23-18(14-16-4-2-1-3-5-16)22-12-10-21(11-13-22)17-6-8-20(9-7-17)15-19-24/h1-5,17H,6-15H2. The molecular weight excluding hydrogens is 304 g/mol. The molecule has 0 N–H and O–H groups in total. The van der Waals surface area contributed by atoms with Crippen molar-refractivity contribution in [2.75, 3.05) is 45.9 Å². The van der Waals surface area contributed by atoms with E-state index in [-0.39, 0.29) is 5.91 Å². The monoisotopic (exact) mass is 330 g/mol. The molecule has 1 amide bonds. The zero-order chi connectivity index (χ0) is 16.8. The normalized spacial score (nSPS) is 20.9. The van der Waals surface area contributed by atoms with E-state index < -0.39 is 0 Å². The highest BCUT2D eigenvalue weighted by Crippen LogP contribution is 2.18. The highest BCUT2D eigenvalue weighted by Gasteiger charge is 2.28. The van der Waals surface area contributed by atoms with Gasteiger partial charge in [-0.3, -0.25) is 14.6 Å². The summed E-state index contributed by atoms with van der Waals surface area (Å²) >= 11 is 0. The van der Waals surface area contributed by atoms with Gasteiger partial charge in [0.2, 0.25) is 5.91 Å². The van der Waals surface area contributed by atoms with Crippen molar-refractivity contribution in [3.63, 3.8) is 0 Å². The molecule has 2 aliphatic rings. The van der Waals surface area contributed by atoms with Gasteiger partial charge in [-0.05, 0) is 18.4 Å². The van der Waals surface area contributed by atoms with Gasteiger partial charge in [0.05, 0.1) is 6.42 Å². The number of carbonyl (C=O) groups is 1. The third-order valence-electron chi connectivity index (χ3n) is 5.20.